The van der Waals surface area contributed by atoms with Crippen LogP contribution in [0.2, 0.25) is 0 Å². The largest absolute Gasteiger partial charge is 0.462 e. The lowest BCUT2D eigenvalue weighted by molar-refractivity contribution is -0.161. The highest BCUT2D eigenvalue weighted by Crippen LogP contribution is 2.12. The van der Waals surface area contributed by atoms with Crippen molar-refractivity contribution in [1.82, 2.24) is 0 Å². The van der Waals surface area contributed by atoms with Crippen molar-refractivity contribution in [3.05, 3.63) is 72.9 Å². The second kappa shape index (κ2) is 36.8. The molecule has 0 aliphatic carbocycles. The van der Waals surface area contributed by atoms with Gasteiger partial charge in [-0.25, -0.2) is 0 Å². The van der Waals surface area contributed by atoms with Crippen molar-refractivity contribution in [3.63, 3.8) is 0 Å². The number of allylic oxidation sites excluding steroid dienone is 12. The van der Waals surface area contributed by atoms with E-state index in [1.807, 2.05) is 0 Å². The Morgan fingerprint density at radius 3 is 1.41 bits per heavy atom. The molecule has 0 heterocycles. The standard InChI is InChI=1S/C41H68O5/c1-3-5-7-9-11-13-14-15-16-17-18-19-20-21-22-23-24-25-26-28-30-32-34-36-41(44)46-39(37-42)38-45-40(43)35-33-31-29-27-12-10-8-6-4-2/h5,7,11,13,15-16,18-19,21-22,24-25,39,42H,3-4,6,8-10,12,14,17,20,23,26-38H2,1-2H3/b7-5-,13-11-,16-15-,19-18-,22-21-,25-24-. The fourth-order valence-corrected chi connectivity index (χ4v) is 4.73. The lowest BCUT2D eigenvalue weighted by Gasteiger charge is -2.15. The Kier molecular flexibility index (Phi) is 34.7. The van der Waals surface area contributed by atoms with Crippen LogP contribution in [-0.4, -0.2) is 36.4 Å². The maximum absolute atomic E-state index is 12.1. The van der Waals surface area contributed by atoms with Crippen molar-refractivity contribution in [2.45, 2.75) is 161 Å². The van der Waals surface area contributed by atoms with E-state index in [4.69, 9.17) is 9.47 Å². The zero-order chi connectivity index (χ0) is 33.6. The summed E-state index contributed by atoms with van der Waals surface area (Å²) in [5.41, 5.74) is 0. The van der Waals surface area contributed by atoms with Crippen LogP contribution in [0.15, 0.2) is 72.9 Å². The van der Waals surface area contributed by atoms with Gasteiger partial charge in [-0.3, -0.25) is 9.59 Å². The molecule has 46 heavy (non-hydrogen) atoms. The molecular formula is C41H68O5. The minimum absolute atomic E-state index is 0.0789. The van der Waals surface area contributed by atoms with E-state index in [-0.39, 0.29) is 25.2 Å². The monoisotopic (exact) mass is 641 g/mol. The maximum Gasteiger partial charge on any atom is 0.306 e. The van der Waals surface area contributed by atoms with E-state index < -0.39 is 6.10 Å². The Morgan fingerprint density at radius 2 is 0.935 bits per heavy atom. The zero-order valence-corrected chi connectivity index (χ0v) is 29.6. The molecule has 1 unspecified atom stereocenters. The van der Waals surface area contributed by atoms with Crippen molar-refractivity contribution in [1.29, 1.82) is 0 Å². The summed E-state index contributed by atoms with van der Waals surface area (Å²) in [4.78, 5) is 24.1. The number of aliphatic hydroxyl groups is 1. The molecule has 0 aliphatic rings. The van der Waals surface area contributed by atoms with Crippen molar-refractivity contribution in [2.24, 2.45) is 0 Å². The number of hydrogen-bond donors (Lipinski definition) is 1. The van der Waals surface area contributed by atoms with Gasteiger partial charge in [0.2, 0.25) is 0 Å². The molecule has 0 spiro atoms. The fraction of sp³-hybridized carbons (Fsp3) is 0.659. The van der Waals surface area contributed by atoms with Crippen LogP contribution >= 0.6 is 0 Å². The van der Waals surface area contributed by atoms with Crippen LogP contribution in [0.4, 0.5) is 0 Å². The van der Waals surface area contributed by atoms with Crippen LogP contribution in [0.5, 0.6) is 0 Å². The lowest BCUT2D eigenvalue weighted by atomic mass is 10.1. The quantitative estimate of drug-likeness (QED) is 0.0450. The second-order valence-corrected chi connectivity index (χ2v) is 11.9. The van der Waals surface area contributed by atoms with E-state index in [0.717, 1.165) is 89.9 Å². The van der Waals surface area contributed by atoms with E-state index in [1.165, 1.54) is 38.5 Å². The Labute approximate surface area is 283 Å². The van der Waals surface area contributed by atoms with Gasteiger partial charge in [-0.05, 0) is 64.2 Å². The minimum Gasteiger partial charge on any atom is -0.462 e. The van der Waals surface area contributed by atoms with Gasteiger partial charge in [0.1, 0.15) is 6.61 Å². The van der Waals surface area contributed by atoms with Gasteiger partial charge < -0.3 is 14.6 Å². The number of esters is 2. The average Bonchev–Trinajstić information content (AvgIpc) is 3.06. The molecule has 1 atom stereocenters. The van der Waals surface area contributed by atoms with Crippen LogP contribution in [0, 0.1) is 0 Å². The predicted octanol–water partition coefficient (Wildman–Crippen LogP) is 11.4. The smallest absolute Gasteiger partial charge is 0.306 e. The summed E-state index contributed by atoms with van der Waals surface area (Å²) in [5.74, 6) is -0.629. The van der Waals surface area contributed by atoms with E-state index >= 15 is 0 Å². The van der Waals surface area contributed by atoms with Crippen LogP contribution in [-0.2, 0) is 19.1 Å². The molecule has 0 aliphatic heterocycles. The minimum atomic E-state index is -0.785. The predicted molar refractivity (Wildman–Crippen MR) is 196 cm³/mol. The SMILES string of the molecule is CC/C=C\C/C=C\C/C=C\C/C=C\C/C=C\C/C=C\CCCCCCC(=O)OC(CO)COC(=O)CCCCCCCCCCC. The van der Waals surface area contributed by atoms with Crippen LogP contribution in [0.1, 0.15) is 155 Å². The van der Waals surface area contributed by atoms with E-state index in [1.54, 1.807) is 0 Å². The van der Waals surface area contributed by atoms with Crippen LogP contribution in [0.25, 0.3) is 0 Å². The van der Waals surface area contributed by atoms with E-state index in [2.05, 4.69) is 86.8 Å². The van der Waals surface area contributed by atoms with Gasteiger partial charge in [0.15, 0.2) is 6.10 Å². The molecule has 0 radical (unpaired) electrons. The fourth-order valence-electron chi connectivity index (χ4n) is 4.73. The molecule has 0 amide bonds. The molecule has 262 valence electrons. The first-order chi connectivity index (χ1) is 22.6. The van der Waals surface area contributed by atoms with Crippen LogP contribution in [0.3, 0.4) is 0 Å². The third-order valence-corrected chi connectivity index (χ3v) is 7.51. The number of ether oxygens (including phenoxy) is 2. The Morgan fingerprint density at radius 1 is 0.522 bits per heavy atom. The van der Waals surface area contributed by atoms with Crippen LogP contribution < -0.4 is 0 Å². The van der Waals surface area contributed by atoms with Gasteiger partial charge in [-0.15, -0.1) is 0 Å². The molecule has 1 N–H and O–H groups in total. The summed E-state index contributed by atoms with van der Waals surface area (Å²) < 4.78 is 10.5. The summed E-state index contributed by atoms with van der Waals surface area (Å²) in [7, 11) is 0. The third-order valence-electron chi connectivity index (χ3n) is 7.51. The number of carbonyl (C=O) groups excluding carboxylic acids is 2. The topological polar surface area (TPSA) is 72.8 Å². The molecule has 0 fully saturated rings. The van der Waals surface area contributed by atoms with E-state index in [0.29, 0.717) is 12.8 Å². The van der Waals surface area contributed by atoms with E-state index in [9.17, 15) is 14.7 Å². The highest BCUT2D eigenvalue weighted by molar-refractivity contribution is 5.70. The Balaban J connectivity index is 3.67. The first kappa shape index (κ1) is 43.3. The Bertz CT molecular complexity index is 864. The third kappa shape index (κ3) is 34.2. The van der Waals surface area contributed by atoms with Gasteiger partial charge in [-0.2, -0.15) is 0 Å². The summed E-state index contributed by atoms with van der Waals surface area (Å²) in [6, 6.07) is 0. The molecule has 0 aromatic rings. The number of carbonyl (C=O) groups is 2. The number of rotatable bonds is 32. The molecule has 0 saturated heterocycles. The number of hydrogen-bond acceptors (Lipinski definition) is 5. The molecule has 5 heteroatoms. The normalized spacial score (nSPS) is 13.0. The highest BCUT2D eigenvalue weighted by atomic mass is 16.6. The molecule has 5 nitrogen and oxygen atoms in total. The maximum atomic E-state index is 12.1. The molecule has 0 aromatic carbocycles. The van der Waals surface area contributed by atoms with Gasteiger partial charge in [0, 0.05) is 12.8 Å². The van der Waals surface area contributed by atoms with Gasteiger partial charge >= 0.3 is 11.9 Å². The van der Waals surface area contributed by atoms with Crippen molar-refractivity contribution in [2.75, 3.05) is 13.2 Å². The molecule has 0 bridgehead atoms. The molecule has 0 rings (SSSR count). The number of unbranched alkanes of at least 4 members (excludes halogenated alkanes) is 12. The van der Waals surface area contributed by atoms with Gasteiger partial charge in [-0.1, -0.05) is 151 Å². The zero-order valence-electron chi connectivity index (χ0n) is 29.6. The summed E-state index contributed by atoms with van der Waals surface area (Å²) in [6.45, 7) is 3.96. The van der Waals surface area contributed by atoms with Crippen molar-refractivity contribution < 1.29 is 24.2 Å². The Hall–Kier alpha value is -2.66. The number of aliphatic hydroxyl groups excluding tert-OH is 1. The van der Waals surface area contributed by atoms with Crippen molar-refractivity contribution >= 4 is 11.9 Å². The highest BCUT2D eigenvalue weighted by Gasteiger charge is 2.16. The first-order valence-corrected chi connectivity index (χ1v) is 18.5. The average molecular weight is 641 g/mol. The molecule has 0 aromatic heterocycles. The molecular weight excluding hydrogens is 572 g/mol. The lowest BCUT2D eigenvalue weighted by Crippen LogP contribution is -2.28. The first-order valence-electron chi connectivity index (χ1n) is 18.5. The second-order valence-electron chi connectivity index (χ2n) is 11.9. The summed E-state index contributed by atoms with van der Waals surface area (Å²) in [6.07, 6.45) is 48.2. The van der Waals surface area contributed by atoms with Crippen molar-refractivity contribution in [3.8, 4) is 0 Å². The van der Waals surface area contributed by atoms with Gasteiger partial charge in [0.25, 0.3) is 0 Å². The summed E-state index contributed by atoms with van der Waals surface area (Å²) >= 11 is 0. The molecule has 0 saturated carbocycles. The van der Waals surface area contributed by atoms with Gasteiger partial charge in [0.05, 0.1) is 6.61 Å². The summed E-state index contributed by atoms with van der Waals surface area (Å²) in [5, 5.41) is 9.51.